The number of halogens is 1. The number of aliphatic hydroxyl groups excluding tert-OH is 1. The van der Waals surface area contributed by atoms with Crippen molar-refractivity contribution in [3.63, 3.8) is 0 Å². The Hall–Kier alpha value is -6.80. The molecule has 4 N–H and O–H groups in total. The number of carbonyl (C=O) groups is 2. The Bertz CT molecular complexity index is 3240. The average Bonchev–Trinajstić information content (AvgIpc) is 4.23. The van der Waals surface area contributed by atoms with Crippen molar-refractivity contribution < 1.29 is 38.2 Å². The Morgan fingerprint density at radius 3 is 2.49 bits per heavy atom. The van der Waals surface area contributed by atoms with Crippen LogP contribution in [0.15, 0.2) is 76.9 Å². The number of hydrogen-bond donors (Lipinski definition) is 4. The van der Waals surface area contributed by atoms with E-state index in [0.29, 0.717) is 54.0 Å². The predicted molar refractivity (Wildman–Crippen MR) is 288 cm³/mol. The summed E-state index contributed by atoms with van der Waals surface area (Å²) in [6.45, 7) is 13.5. The summed E-state index contributed by atoms with van der Waals surface area (Å²) >= 11 is 1.58. The molecule has 398 valence electrons. The number of aliphatic hydroxyl groups is 1. The zero-order chi connectivity index (χ0) is 52.8. The van der Waals surface area contributed by atoms with Crippen LogP contribution in [0.4, 0.5) is 10.2 Å². The SMILES string of the molecule is CCc1cccc2cc(O)cc(-c3ncc4c(N5CC6CCC(C5)N6)nc(OCCN5CCC(Oc6cc([C@H](C(=O)N7C[C@H](O)C[C@H]7C(=O)N[C@@H](C)c7ccc(-c8scnc8C)cc7)C(C)C)on6)CC5)nc4c3F)c12. The standard InChI is InChI=1S/C57H65FN10O7S/c1-6-34-8-7-9-37-22-40(69)23-43(49(34)37)51-50(58)52-44(26-59-51)54(67-27-38-14-15-39(28-67)62-38)64-57(63-52)73-21-20-66-18-16-42(17-19-66)74-47-25-46(75-65-47)48(31(2)3)56(72)68-29-41(70)24-45(68)55(71)61-32(4)35-10-12-36(13-11-35)53-33(5)60-30-76-53/h7-13,22-23,25-26,30-32,38-39,41-42,45,48,62,69-70H,6,14-21,24,27-29H2,1-5H3,(H,61,71)/t32-,38?,39?,41+,45-,48+/m0/s1. The van der Waals surface area contributed by atoms with Crippen molar-refractivity contribution in [3.8, 4) is 39.3 Å². The molecular formula is C57H65FN10O7S. The van der Waals surface area contributed by atoms with Crippen molar-refractivity contribution in [2.75, 3.05) is 50.8 Å². The molecule has 4 aliphatic heterocycles. The fourth-order valence-electron chi connectivity index (χ4n) is 11.7. The van der Waals surface area contributed by atoms with Gasteiger partial charge < -0.3 is 44.6 Å². The molecule has 4 saturated heterocycles. The molecule has 2 amide bonds. The van der Waals surface area contributed by atoms with Crippen molar-refractivity contribution in [2.45, 2.75) is 115 Å². The van der Waals surface area contributed by atoms with Gasteiger partial charge in [0.1, 0.15) is 47.4 Å². The maximum atomic E-state index is 17.1. The number of thiazole rings is 1. The van der Waals surface area contributed by atoms with Gasteiger partial charge >= 0.3 is 6.01 Å². The number of pyridine rings is 1. The zero-order valence-corrected chi connectivity index (χ0v) is 44.4. The average molecular weight is 1050 g/mol. The van der Waals surface area contributed by atoms with Gasteiger partial charge in [-0.15, -0.1) is 11.3 Å². The minimum Gasteiger partial charge on any atom is -0.508 e. The quantitative estimate of drug-likeness (QED) is 0.0722. The minimum atomic E-state index is -0.856. The summed E-state index contributed by atoms with van der Waals surface area (Å²) < 4.78 is 35.5. The van der Waals surface area contributed by atoms with Crippen molar-refractivity contribution in [3.05, 3.63) is 101 Å². The molecule has 2 unspecified atom stereocenters. The highest BCUT2D eigenvalue weighted by Crippen LogP contribution is 2.40. The van der Waals surface area contributed by atoms with Crippen molar-refractivity contribution in [1.29, 1.82) is 0 Å². The molecule has 2 bridgehead atoms. The topological polar surface area (TPSA) is 204 Å². The monoisotopic (exact) mass is 1050 g/mol. The molecule has 4 aliphatic rings. The summed E-state index contributed by atoms with van der Waals surface area (Å²) in [6, 6.07) is 18.3. The highest BCUT2D eigenvalue weighted by molar-refractivity contribution is 7.13. The number of ether oxygens (including phenoxy) is 2. The first-order valence-corrected chi connectivity index (χ1v) is 27.6. The number of piperazine rings is 1. The van der Waals surface area contributed by atoms with E-state index >= 15 is 4.39 Å². The number of β-amino-alcohol motifs (C(OH)–C–C–N with tert-alkyl or cyclic N) is 1. The lowest BCUT2D eigenvalue weighted by molar-refractivity contribution is -0.141. The number of phenolic OH excluding ortho intramolecular Hbond substituents is 1. The van der Waals surface area contributed by atoms with Gasteiger partial charge in [0, 0.05) is 75.6 Å². The number of benzene rings is 3. The Balaban J connectivity index is 0.720. The summed E-state index contributed by atoms with van der Waals surface area (Å²) in [7, 11) is 0. The van der Waals surface area contributed by atoms with Crippen LogP contribution in [-0.4, -0.2) is 133 Å². The Labute approximate surface area is 444 Å². The largest absolute Gasteiger partial charge is 0.508 e. The minimum absolute atomic E-state index is 0.0259. The van der Waals surface area contributed by atoms with Gasteiger partial charge in [-0.25, -0.2) is 9.37 Å². The lowest BCUT2D eigenvalue weighted by Crippen LogP contribution is -2.51. The first kappa shape index (κ1) is 51.3. The van der Waals surface area contributed by atoms with Gasteiger partial charge in [-0.2, -0.15) is 9.97 Å². The third kappa shape index (κ3) is 10.4. The van der Waals surface area contributed by atoms with E-state index in [1.165, 1.54) is 4.90 Å². The first-order valence-electron chi connectivity index (χ1n) is 26.7. The lowest BCUT2D eigenvalue weighted by atomic mass is 9.91. The van der Waals surface area contributed by atoms with Gasteiger partial charge in [0.15, 0.2) is 11.6 Å². The number of piperidine rings is 1. The van der Waals surface area contributed by atoms with Crippen LogP contribution in [0.1, 0.15) is 94.3 Å². The summed E-state index contributed by atoms with van der Waals surface area (Å²) in [5.74, 6) is -0.972. The van der Waals surface area contributed by atoms with E-state index in [9.17, 15) is 19.8 Å². The maximum absolute atomic E-state index is 17.1. The second-order valence-electron chi connectivity index (χ2n) is 21.2. The van der Waals surface area contributed by atoms with Crippen molar-refractivity contribution in [2.24, 2.45) is 5.92 Å². The number of aromatic nitrogens is 5. The highest BCUT2D eigenvalue weighted by atomic mass is 32.1. The van der Waals surface area contributed by atoms with Crippen molar-refractivity contribution >= 4 is 50.6 Å². The van der Waals surface area contributed by atoms with Crippen LogP contribution in [0.5, 0.6) is 17.6 Å². The number of likely N-dealkylation sites (tertiary alicyclic amines) is 2. The number of aryl methyl sites for hydroxylation is 2. The molecule has 3 aromatic carbocycles. The van der Waals surface area contributed by atoms with Gasteiger partial charge in [-0.05, 0) is 96.6 Å². The van der Waals surface area contributed by atoms with E-state index < -0.39 is 23.9 Å². The fraction of sp³-hybridized carbons (Fsp3) is 0.456. The molecule has 19 heteroatoms. The number of nitrogens with one attached hydrogen (secondary N) is 2. The number of rotatable bonds is 16. The van der Waals surface area contributed by atoms with E-state index in [4.69, 9.17) is 28.9 Å². The molecule has 76 heavy (non-hydrogen) atoms. The Morgan fingerprint density at radius 1 is 0.987 bits per heavy atom. The van der Waals surface area contributed by atoms with E-state index in [1.54, 1.807) is 35.7 Å². The Morgan fingerprint density at radius 2 is 1.76 bits per heavy atom. The third-order valence-electron chi connectivity index (χ3n) is 15.7. The van der Waals surface area contributed by atoms with Crippen molar-refractivity contribution in [1.82, 2.24) is 45.5 Å². The van der Waals surface area contributed by atoms with E-state index in [-0.39, 0.29) is 78.3 Å². The molecule has 4 fully saturated rings. The normalized spacial score (nSPS) is 20.9. The van der Waals surface area contributed by atoms with Crippen LogP contribution in [0, 0.1) is 18.7 Å². The number of nitrogens with zero attached hydrogens (tertiary/aromatic N) is 8. The van der Waals surface area contributed by atoms with E-state index in [1.807, 2.05) is 75.7 Å². The van der Waals surface area contributed by atoms with Crippen LogP contribution >= 0.6 is 11.3 Å². The molecule has 6 atom stereocenters. The van der Waals surface area contributed by atoms with Gasteiger partial charge in [-0.3, -0.25) is 19.5 Å². The molecule has 11 rings (SSSR count). The smallest absolute Gasteiger partial charge is 0.319 e. The predicted octanol–water partition coefficient (Wildman–Crippen LogP) is 8.11. The summed E-state index contributed by atoms with van der Waals surface area (Å²) in [5, 5.41) is 34.7. The number of carbonyl (C=O) groups excluding carboxylic acids is 2. The summed E-state index contributed by atoms with van der Waals surface area (Å²) in [5.41, 5.74) is 6.52. The molecule has 0 saturated carbocycles. The van der Waals surface area contributed by atoms with Gasteiger partial charge in [0.05, 0.1) is 33.6 Å². The van der Waals surface area contributed by atoms with Crippen LogP contribution in [0.3, 0.4) is 0 Å². The maximum Gasteiger partial charge on any atom is 0.319 e. The molecule has 4 aromatic heterocycles. The molecule has 0 spiro atoms. The van der Waals surface area contributed by atoms with Crippen LogP contribution in [0.25, 0.3) is 43.4 Å². The van der Waals surface area contributed by atoms with Gasteiger partial charge in [-0.1, -0.05) is 63.2 Å². The molecule has 17 nitrogen and oxygen atoms in total. The molecule has 0 radical (unpaired) electrons. The first-order chi connectivity index (χ1) is 36.8. The van der Waals surface area contributed by atoms with Gasteiger partial charge in [0.25, 0.3) is 5.88 Å². The number of hydrogen-bond acceptors (Lipinski definition) is 16. The Kier molecular flexibility index (Phi) is 14.6. The fourth-order valence-corrected chi connectivity index (χ4v) is 12.5. The molecule has 0 aliphatic carbocycles. The second kappa shape index (κ2) is 21.7. The van der Waals surface area contributed by atoms with Gasteiger partial charge in [0.2, 0.25) is 11.8 Å². The summed E-state index contributed by atoms with van der Waals surface area (Å²) in [4.78, 5) is 53.9. The number of anilines is 1. The number of fused-ring (bicyclic) bond motifs is 4. The highest BCUT2D eigenvalue weighted by Gasteiger charge is 2.44. The molecular weight excluding hydrogens is 988 g/mol. The third-order valence-corrected chi connectivity index (χ3v) is 16.7. The van der Waals surface area contributed by atoms with E-state index in [0.717, 1.165) is 83.5 Å². The van der Waals surface area contributed by atoms with Crippen LogP contribution in [0.2, 0.25) is 0 Å². The van der Waals surface area contributed by atoms with E-state index in [2.05, 4.69) is 37.5 Å². The number of amides is 2. The summed E-state index contributed by atoms with van der Waals surface area (Å²) in [6.07, 6.45) is 5.05. The lowest BCUT2D eigenvalue weighted by Gasteiger charge is -2.34. The number of aromatic hydroxyl groups is 1. The zero-order valence-electron chi connectivity index (χ0n) is 43.5. The molecule has 7 aromatic rings. The van der Waals surface area contributed by atoms with Crippen LogP contribution < -0.4 is 25.0 Å². The number of phenols is 1. The second-order valence-corrected chi connectivity index (χ2v) is 22.1. The molecule has 8 heterocycles. The van der Waals surface area contributed by atoms with Crippen LogP contribution in [-0.2, 0) is 16.0 Å².